The van der Waals surface area contributed by atoms with Crippen molar-refractivity contribution >= 4 is 23.1 Å². The van der Waals surface area contributed by atoms with Crippen LogP contribution in [-0.4, -0.2) is 37.8 Å². The number of ether oxygens (including phenoxy) is 3. The van der Waals surface area contributed by atoms with Crippen molar-refractivity contribution in [3.8, 4) is 5.75 Å². The lowest BCUT2D eigenvalue weighted by Crippen LogP contribution is -2.26. The van der Waals surface area contributed by atoms with E-state index in [-0.39, 0.29) is 12.2 Å². The van der Waals surface area contributed by atoms with Crippen LogP contribution in [0.25, 0.3) is 0 Å². The fourth-order valence-corrected chi connectivity index (χ4v) is 5.86. The first-order valence-corrected chi connectivity index (χ1v) is 15.1. The van der Waals surface area contributed by atoms with Crippen LogP contribution in [0.2, 0.25) is 0 Å². The minimum absolute atomic E-state index is 0.0487. The number of benzene rings is 1. The van der Waals surface area contributed by atoms with Crippen LogP contribution < -0.4 is 4.74 Å². The molecule has 0 spiro atoms. The summed E-state index contributed by atoms with van der Waals surface area (Å²) in [6.45, 7) is 19.3. The van der Waals surface area contributed by atoms with Gasteiger partial charge in [0.15, 0.2) is 0 Å². The molecular formula is C29H48O3S2. The zero-order valence-electron chi connectivity index (χ0n) is 22.7. The number of hydrogen-bond acceptors (Lipinski definition) is 5. The summed E-state index contributed by atoms with van der Waals surface area (Å²) in [7, 11) is 0. The number of thiophene rings is 1. The van der Waals surface area contributed by atoms with Gasteiger partial charge in [-0.3, -0.25) is 0 Å². The highest BCUT2D eigenvalue weighted by atomic mass is 32.2. The molecule has 4 unspecified atom stereocenters. The van der Waals surface area contributed by atoms with E-state index in [1.807, 2.05) is 39.5 Å². The summed E-state index contributed by atoms with van der Waals surface area (Å²) in [5, 5.41) is 4.29. The minimum atomic E-state index is 0.0487. The van der Waals surface area contributed by atoms with Gasteiger partial charge >= 0.3 is 0 Å². The van der Waals surface area contributed by atoms with Crippen LogP contribution in [0.3, 0.4) is 0 Å². The molecule has 3 rings (SSSR count). The second-order valence-corrected chi connectivity index (χ2v) is 10.3. The first-order valence-electron chi connectivity index (χ1n) is 13.2. The Labute approximate surface area is 218 Å². The summed E-state index contributed by atoms with van der Waals surface area (Å²) in [5.74, 6) is 3.83. The zero-order valence-corrected chi connectivity index (χ0v) is 24.3. The van der Waals surface area contributed by atoms with Crippen molar-refractivity contribution < 1.29 is 14.2 Å². The summed E-state index contributed by atoms with van der Waals surface area (Å²) in [6.07, 6.45) is 2.72. The average Bonchev–Trinajstić information content (AvgIpc) is 3.56. The summed E-state index contributed by atoms with van der Waals surface area (Å²) in [5.41, 5.74) is 1.43. The van der Waals surface area contributed by atoms with Crippen molar-refractivity contribution in [3.05, 3.63) is 46.7 Å². The Bertz CT molecular complexity index is 711. The second kappa shape index (κ2) is 18.3. The Kier molecular flexibility index (Phi) is 16.7. The molecule has 1 aromatic carbocycles. The Morgan fingerprint density at radius 3 is 2.21 bits per heavy atom. The van der Waals surface area contributed by atoms with Crippen molar-refractivity contribution in [1.29, 1.82) is 0 Å². The Hall–Kier alpha value is -1.01. The number of rotatable bonds is 14. The average molecular weight is 509 g/mol. The Balaban J connectivity index is 0.00000137. The van der Waals surface area contributed by atoms with Gasteiger partial charge in [-0.25, -0.2) is 0 Å². The van der Waals surface area contributed by atoms with E-state index < -0.39 is 0 Å². The quantitative estimate of drug-likeness (QED) is 0.188. The maximum Gasteiger partial charge on any atom is 0.119 e. The minimum Gasteiger partial charge on any atom is -0.491 e. The molecule has 0 N–H and O–H groups in total. The van der Waals surface area contributed by atoms with E-state index in [2.05, 4.69) is 68.8 Å². The van der Waals surface area contributed by atoms with E-state index in [4.69, 9.17) is 14.2 Å². The molecule has 34 heavy (non-hydrogen) atoms. The maximum absolute atomic E-state index is 6.12. The number of thioether (sulfide) groups is 1. The maximum atomic E-state index is 6.12. The third kappa shape index (κ3) is 11.2. The summed E-state index contributed by atoms with van der Waals surface area (Å²) in [4.78, 5) is 1.29. The standard InChI is InChI=1S/C25H36O3S2.2C2H6/c1-5-24(18(3)4)25(6-2)19-7-9-20(10-8-19)26-15-22(28-14-21-13-27-21)16-30-23-11-12-29-17-23;2*1-2/h7-12,17-18,21-22,24-25H,5-6,13-16H2,1-4H3;2*1-2H3. The third-order valence-corrected chi connectivity index (χ3v) is 7.84. The molecule has 2 aromatic rings. The highest BCUT2D eigenvalue weighted by Gasteiger charge is 2.25. The van der Waals surface area contributed by atoms with Gasteiger partial charge in [-0.2, -0.15) is 11.3 Å². The predicted molar refractivity (Wildman–Crippen MR) is 151 cm³/mol. The fraction of sp³-hybridized carbons (Fsp3) is 0.655. The topological polar surface area (TPSA) is 31.0 Å². The Morgan fingerprint density at radius 1 is 1.03 bits per heavy atom. The van der Waals surface area contributed by atoms with Crippen LogP contribution >= 0.6 is 23.1 Å². The number of hydrogen-bond donors (Lipinski definition) is 0. The molecule has 0 bridgehead atoms. The molecule has 0 saturated carbocycles. The molecule has 2 heterocycles. The van der Waals surface area contributed by atoms with Crippen molar-refractivity contribution in [1.82, 2.24) is 0 Å². The third-order valence-electron chi connectivity index (χ3n) is 5.88. The summed E-state index contributed by atoms with van der Waals surface area (Å²) < 4.78 is 17.5. The molecular weight excluding hydrogens is 460 g/mol. The second-order valence-electron chi connectivity index (χ2n) is 8.39. The van der Waals surface area contributed by atoms with Gasteiger partial charge in [-0.1, -0.05) is 73.9 Å². The van der Waals surface area contributed by atoms with Gasteiger partial charge in [0.1, 0.15) is 24.6 Å². The lowest BCUT2D eigenvalue weighted by Gasteiger charge is -2.29. The molecule has 0 aliphatic carbocycles. The van der Waals surface area contributed by atoms with Crippen LogP contribution in [0, 0.1) is 11.8 Å². The Morgan fingerprint density at radius 2 is 1.71 bits per heavy atom. The van der Waals surface area contributed by atoms with Gasteiger partial charge in [0.25, 0.3) is 0 Å². The highest BCUT2D eigenvalue weighted by molar-refractivity contribution is 7.99. The molecule has 4 atom stereocenters. The van der Waals surface area contributed by atoms with Gasteiger partial charge in [-0.05, 0) is 53.3 Å². The molecule has 5 heteroatoms. The normalized spacial score (nSPS) is 17.0. The van der Waals surface area contributed by atoms with Crippen molar-refractivity contribution in [2.24, 2.45) is 11.8 Å². The molecule has 194 valence electrons. The predicted octanol–water partition coefficient (Wildman–Crippen LogP) is 8.93. The van der Waals surface area contributed by atoms with E-state index in [9.17, 15) is 0 Å². The van der Waals surface area contributed by atoms with Crippen LogP contribution in [0.4, 0.5) is 0 Å². The molecule has 1 aliphatic heterocycles. The molecule has 1 aliphatic rings. The van der Waals surface area contributed by atoms with Gasteiger partial charge in [0, 0.05) is 16.0 Å². The number of epoxide rings is 1. The van der Waals surface area contributed by atoms with Gasteiger partial charge < -0.3 is 14.2 Å². The highest BCUT2D eigenvalue weighted by Crippen LogP contribution is 2.36. The molecule has 1 fully saturated rings. The molecule has 1 saturated heterocycles. The van der Waals surface area contributed by atoms with E-state index in [0.29, 0.717) is 25.0 Å². The van der Waals surface area contributed by atoms with Gasteiger partial charge in [0.2, 0.25) is 0 Å². The van der Waals surface area contributed by atoms with E-state index >= 15 is 0 Å². The van der Waals surface area contributed by atoms with Crippen LogP contribution in [0.15, 0.2) is 46.0 Å². The first-order chi connectivity index (χ1) is 16.6. The van der Waals surface area contributed by atoms with Crippen LogP contribution in [0.1, 0.15) is 79.7 Å². The first kappa shape index (κ1) is 31.0. The van der Waals surface area contributed by atoms with E-state index in [1.165, 1.54) is 23.3 Å². The van der Waals surface area contributed by atoms with Crippen molar-refractivity contribution in [2.45, 2.75) is 91.3 Å². The van der Waals surface area contributed by atoms with Crippen molar-refractivity contribution in [3.63, 3.8) is 0 Å². The molecule has 0 amide bonds. The summed E-state index contributed by atoms with van der Waals surface area (Å²) >= 11 is 3.55. The van der Waals surface area contributed by atoms with Crippen LogP contribution in [0.5, 0.6) is 5.75 Å². The lowest BCUT2D eigenvalue weighted by atomic mass is 9.76. The summed E-state index contributed by atoms with van der Waals surface area (Å²) in [6, 6.07) is 10.9. The van der Waals surface area contributed by atoms with E-state index in [0.717, 1.165) is 24.0 Å². The van der Waals surface area contributed by atoms with Gasteiger partial charge in [0.05, 0.1) is 13.2 Å². The molecule has 3 nitrogen and oxygen atoms in total. The van der Waals surface area contributed by atoms with Gasteiger partial charge in [-0.15, -0.1) is 11.8 Å². The SMILES string of the molecule is CC.CC.CCC(c1ccc(OCC(CSc2ccsc2)OCC2CO2)cc1)C(CC)C(C)C. The zero-order chi connectivity index (χ0) is 25.3. The van der Waals surface area contributed by atoms with Crippen LogP contribution in [-0.2, 0) is 9.47 Å². The molecule has 0 radical (unpaired) electrons. The van der Waals surface area contributed by atoms with Crippen molar-refractivity contribution in [2.75, 3.05) is 25.6 Å². The smallest absolute Gasteiger partial charge is 0.119 e. The molecule has 1 aromatic heterocycles. The fourth-order valence-electron chi connectivity index (χ4n) is 4.08. The monoisotopic (exact) mass is 508 g/mol. The van der Waals surface area contributed by atoms with E-state index in [1.54, 1.807) is 11.3 Å². The largest absolute Gasteiger partial charge is 0.491 e. The lowest BCUT2D eigenvalue weighted by molar-refractivity contribution is 0.0270.